The van der Waals surface area contributed by atoms with Gasteiger partial charge in [-0.25, -0.2) is 17.8 Å². The summed E-state index contributed by atoms with van der Waals surface area (Å²) in [6.45, 7) is 14.6. The van der Waals surface area contributed by atoms with Crippen molar-refractivity contribution >= 4 is 32.5 Å². The highest BCUT2D eigenvalue weighted by atomic mass is 35.5. The molecule has 0 N–H and O–H groups in total. The molecule has 2 fully saturated rings. The van der Waals surface area contributed by atoms with E-state index in [1.54, 1.807) is 6.07 Å². The van der Waals surface area contributed by atoms with E-state index in [1.165, 1.54) is 12.5 Å². The van der Waals surface area contributed by atoms with Gasteiger partial charge in [-0.3, -0.25) is 0 Å². The quantitative estimate of drug-likeness (QED) is 0.469. The van der Waals surface area contributed by atoms with Crippen molar-refractivity contribution in [2.24, 2.45) is 0 Å². The zero-order valence-electron chi connectivity index (χ0n) is 20.5. The molecular formula is C24H38ClFN2O3S. The van der Waals surface area contributed by atoms with Gasteiger partial charge in [-0.05, 0) is 25.0 Å². The first-order chi connectivity index (χ1) is 15.0. The van der Waals surface area contributed by atoms with Gasteiger partial charge in [0.15, 0.2) is 5.58 Å². The van der Waals surface area contributed by atoms with E-state index < -0.39 is 20.3 Å². The molecule has 0 spiro atoms. The Kier molecular flexibility index (Phi) is 8.79. The molecule has 0 atom stereocenters. The van der Waals surface area contributed by atoms with Crippen LogP contribution in [0.1, 0.15) is 86.5 Å². The number of piperidine rings is 1. The molecule has 4 rings (SSSR count). The standard InChI is InChI=1S/C20H26ClFN2O3S.2C2H6/c1-19(2,3)18-23-15-8-7-14(21)17(16(15)27-18)28(25,26)20(22)9-11-24(12-10-20)13-5-4-6-13;2*1-2/h7-8,13H,4-6,9-12H2,1-3H3;2*1-2H3. The van der Waals surface area contributed by atoms with Crippen molar-refractivity contribution in [1.29, 1.82) is 0 Å². The summed E-state index contributed by atoms with van der Waals surface area (Å²) in [4.78, 5) is 6.34. The maximum atomic E-state index is 15.8. The molecule has 1 saturated carbocycles. The number of fused-ring (bicyclic) bond motifs is 1. The molecule has 1 aliphatic heterocycles. The molecule has 0 bridgehead atoms. The van der Waals surface area contributed by atoms with Crippen LogP contribution in [-0.4, -0.2) is 42.4 Å². The Balaban J connectivity index is 0.000000860. The predicted octanol–water partition coefficient (Wildman–Crippen LogP) is 6.92. The Bertz CT molecular complexity index is 1000. The topological polar surface area (TPSA) is 63.4 Å². The maximum Gasteiger partial charge on any atom is 0.218 e. The first-order valence-electron chi connectivity index (χ1n) is 11.8. The molecule has 0 radical (unpaired) electrons. The summed E-state index contributed by atoms with van der Waals surface area (Å²) in [5, 5.41) is -2.37. The van der Waals surface area contributed by atoms with E-state index in [-0.39, 0.29) is 28.3 Å². The third-order valence-corrected chi connectivity index (χ3v) is 8.73. The molecule has 0 amide bonds. The summed E-state index contributed by atoms with van der Waals surface area (Å²) < 4.78 is 48.4. The van der Waals surface area contributed by atoms with Gasteiger partial charge in [0.25, 0.3) is 0 Å². The Morgan fingerprint density at radius 1 is 1.12 bits per heavy atom. The highest BCUT2D eigenvalue weighted by Gasteiger charge is 2.50. The van der Waals surface area contributed by atoms with Gasteiger partial charge < -0.3 is 9.32 Å². The van der Waals surface area contributed by atoms with Crippen LogP contribution in [0.5, 0.6) is 0 Å². The zero-order valence-corrected chi connectivity index (χ0v) is 22.0. The molecule has 0 unspecified atom stereocenters. The summed E-state index contributed by atoms with van der Waals surface area (Å²) in [6.07, 6.45) is 3.31. The number of alkyl halides is 1. The molecule has 32 heavy (non-hydrogen) atoms. The van der Waals surface area contributed by atoms with Crippen molar-refractivity contribution in [2.45, 2.75) is 102 Å². The van der Waals surface area contributed by atoms with E-state index in [1.807, 2.05) is 48.5 Å². The van der Waals surface area contributed by atoms with E-state index in [0.717, 1.165) is 12.8 Å². The molecule has 1 aromatic carbocycles. The van der Waals surface area contributed by atoms with Gasteiger partial charge in [-0.2, -0.15) is 0 Å². The SMILES string of the molecule is CC.CC.CC(C)(C)c1nc2ccc(Cl)c(S(=O)(=O)C3(F)CCN(C4CCC4)CC3)c2o1. The van der Waals surface area contributed by atoms with Crippen LogP contribution in [0, 0.1) is 0 Å². The number of oxazole rings is 1. The number of halogens is 2. The predicted molar refractivity (Wildman–Crippen MR) is 130 cm³/mol. The second kappa shape index (κ2) is 10.4. The summed E-state index contributed by atoms with van der Waals surface area (Å²) in [5.41, 5.74) is 0.0212. The highest BCUT2D eigenvalue weighted by molar-refractivity contribution is 7.93. The summed E-state index contributed by atoms with van der Waals surface area (Å²) in [5.74, 6) is 0.397. The van der Waals surface area contributed by atoms with Crippen LogP contribution in [0.4, 0.5) is 4.39 Å². The van der Waals surface area contributed by atoms with E-state index in [4.69, 9.17) is 16.0 Å². The molecule has 2 aromatic rings. The molecule has 1 aliphatic carbocycles. The number of aromatic nitrogens is 1. The van der Waals surface area contributed by atoms with E-state index >= 15 is 4.39 Å². The van der Waals surface area contributed by atoms with Gasteiger partial charge in [0.05, 0.1) is 5.02 Å². The second-order valence-electron chi connectivity index (χ2n) is 9.00. The van der Waals surface area contributed by atoms with Crippen LogP contribution < -0.4 is 0 Å². The molecule has 1 saturated heterocycles. The van der Waals surface area contributed by atoms with Crippen molar-refractivity contribution in [2.75, 3.05) is 13.1 Å². The Morgan fingerprint density at radius 3 is 2.16 bits per heavy atom. The number of benzene rings is 1. The average Bonchev–Trinajstić information content (AvgIpc) is 3.15. The van der Waals surface area contributed by atoms with E-state index in [0.29, 0.717) is 30.5 Å². The van der Waals surface area contributed by atoms with Gasteiger partial charge in [0.1, 0.15) is 10.4 Å². The molecule has 182 valence electrons. The number of sulfone groups is 1. The van der Waals surface area contributed by atoms with Crippen molar-refractivity contribution in [3.63, 3.8) is 0 Å². The van der Waals surface area contributed by atoms with Crippen LogP contribution in [0.2, 0.25) is 5.02 Å². The summed E-state index contributed by atoms with van der Waals surface area (Å²) >= 11 is 6.26. The van der Waals surface area contributed by atoms with Crippen LogP contribution in [-0.2, 0) is 15.3 Å². The number of nitrogens with zero attached hydrogens (tertiary/aromatic N) is 2. The van der Waals surface area contributed by atoms with Crippen molar-refractivity contribution in [3.8, 4) is 0 Å². The minimum Gasteiger partial charge on any atom is -0.439 e. The highest BCUT2D eigenvalue weighted by Crippen LogP contribution is 2.44. The lowest BCUT2D eigenvalue weighted by molar-refractivity contribution is 0.0567. The van der Waals surface area contributed by atoms with Crippen LogP contribution in [0.25, 0.3) is 11.1 Å². The maximum absolute atomic E-state index is 15.8. The van der Waals surface area contributed by atoms with E-state index in [2.05, 4.69) is 9.88 Å². The smallest absolute Gasteiger partial charge is 0.218 e. The third-order valence-electron chi connectivity index (χ3n) is 5.99. The molecule has 5 nitrogen and oxygen atoms in total. The number of likely N-dealkylation sites (tertiary alicyclic amines) is 1. The van der Waals surface area contributed by atoms with Crippen molar-refractivity contribution in [1.82, 2.24) is 9.88 Å². The van der Waals surface area contributed by atoms with Gasteiger partial charge >= 0.3 is 0 Å². The first kappa shape index (κ1) is 27.1. The fourth-order valence-electron chi connectivity index (χ4n) is 3.94. The minimum atomic E-state index is -4.35. The molecular weight excluding hydrogens is 451 g/mol. The Morgan fingerprint density at radius 2 is 1.69 bits per heavy atom. The lowest BCUT2D eigenvalue weighted by atomic mass is 9.90. The average molecular weight is 489 g/mol. The molecule has 1 aromatic heterocycles. The fourth-order valence-corrected chi connectivity index (χ4v) is 6.20. The molecule has 8 heteroatoms. The summed E-state index contributed by atoms with van der Waals surface area (Å²) in [6, 6.07) is 3.54. The molecule has 2 aliphatic rings. The van der Waals surface area contributed by atoms with Gasteiger partial charge in [-0.15, -0.1) is 0 Å². The number of hydrogen-bond acceptors (Lipinski definition) is 5. The Labute approximate surface area is 197 Å². The number of rotatable bonds is 3. The van der Waals surface area contributed by atoms with Gasteiger partial charge in [-0.1, -0.05) is 66.5 Å². The third kappa shape index (κ3) is 5.00. The van der Waals surface area contributed by atoms with Crippen LogP contribution >= 0.6 is 11.6 Å². The lowest BCUT2D eigenvalue weighted by Gasteiger charge is -2.43. The lowest BCUT2D eigenvalue weighted by Crippen LogP contribution is -2.51. The first-order valence-corrected chi connectivity index (χ1v) is 13.7. The second-order valence-corrected chi connectivity index (χ2v) is 11.6. The van der Waals surface area contributed by atoms with E-state index in [9.17, 15) is 8.42 Å². The Hall–Kier alpha value is -1.18. The zero-order chi connectivity index (χ0) is 24.3. The summed E-state index contributed by atoms with van der Waals surface area (Å²) in [7, 11) is -4.35. The minimum absolute atomic E-state index is 0.0254. The molecule has 2 heterocycles. The normalized spacial score (nSPS) is 19.4. The monoisotopic (exact) mass is 488 g/mol. The van der Waals surface area contributed by atoms with Gasteiger partial charge in [0.2, 0.25) is 20.7 Å². The van der Waals surface area contributed by atoms with Gasteiger partial charge in [0, 0.05) is 37.4 Å². The fraction of sp³-hybridized carbons (Fsp3) is 0.708. The van der Waals surface area contributed by atoms with Crippen molar-refractivity contribution in [3.05, 3.63) is 23.0 Å². The van der Waals surface area contributed by atoms with Crippen molar-refractivity contribution < 1.29 is 17.2 Å². The van der Waals surface area contributed by atoms with Crippen LogP contribution in [0.3, 0.4) is 0 Å². The van der Waals surface area contributed by atoms with Crippen LogP contribution in [0.15, 0.2) is 21.4 Å². The number of hydrogen-bond donors (Lipinski definition) is 0. The largest absolute Gasteiger partial charge is 0.439 e.